The van der Waals surface area contributed by atoms with Gasteiger partial charge in [-0.25, -0.2) is 8.78 Å². The number of aliphatic hydroxyl groups excluding tert-OH is 1. The quantitative estimate of drug-likeness (QED) is 0.841. The van der Waals surface area contributed by atoms with Crippen molar-refractivity contribution >= 4 is 0 Å². The molecule has 0 bridgehead atoms. The smallest absolute Gasteiger partial charge is 0.168 e. The number of rotatable bonds is 3. The Bertz CT molecular complexity index is 351. The van der Waals surface area contributed by atoms with Crippen molar-refractivity contribution in [2.45, 2.75) is 20.0 Å². The van der Waals surface area contributed by atoms with E-state index < -0.39 is 17.7 Å². The molecule has 2 nitrogen and oxygen atoms in total. The highest BCUT2D eigenvalue weighted by molar-refractivity contribution is 5.37. The van der Waals surface area contributed by atoms with Gasteiger partial charge in [-0.1, -0.05) is 13.8 Å². The van der Waals surface area contributed by atoms with Gasteiger partial charge in [0.25, 0.3) is 0 Å². The molecule has 0 amide bonds. The van der Waals surface area contributed by atoms with Crippen LogP contribution in [-0.4, -0.2) is 12.2 Å². The molecule has 0 saturated carbocycles. The van der Waals surface area contributed by atoms with Crippen molar-refractivity contribution in [1.82, 2.24) is 0 Å². The van der Waals surface area contributed by atoms with Crippen LogP contribution < -0.4 is 4.74 Å². The van der Waals surface area contributed by atoms with Gasteiger partial charge in [-0.2, -0.15) is 0 Å². The summed E-state index contributed by atoms with van der Waals surface area (Å²) >= 11 is 0. The van der Waals surface area contributed by atoms with Crippen LogP contribution in [0.15, 0.2) is 12.1 Å². The Kier molecular flexibility index (Phi) is 3.63. The van der Waals surface area contributed by atoms with Crippen LogP contribution in [0.3, 0.4) is 0 Å². The number of aliphatic hydroxyl groups is 1. The van der Waals surface area contributed by atoms with Gasteiger partial charge in [0.15, 0.2) is 11.6 Å². The number of hydrogen-bond acceptors (Lipinski definition) is 2. The third kappa shape index (κ3) is 2.26. The molecule has 0 saturated heterocycles. The Morgan fingerprint density at radius 1 is 1.27 bits per heavy atom. The van der Waals surface area contributed by atoms with Gasteiger partial charge in [-0.15, -0.1) is 0 Å². The Balaban J connectivity index is 3.29. The zero-order chi connectivity index (χ0) is 11.6. The van der Waals surface area contributed by atoms with Crippen molar-refractivity contribution in [3.63, 3.8) is 0 Å². The van der Waals surface area contributed by atoms with Crippen LogP contribution in [-0.2, 0) is 0 Å². The first-order valence-corrected chi connectivity index (χ1v) is 4.69. The van der Waals surface area contributed by atoms with Crippen molar-refractivity contribution in [2.75, 3.05) is 7.11 Å². The third-order valence-corrected chi connectivity index (χ3v) is 2.24. The summed E-state index contributed by atoms with van der Waals surface area (Å²) in [4.78, 5) is 0. The van der Waals surface area contributed by atoms with E-state index in [1.807, 2.05) is 0 Å². The SMILES string of the molecule is COc1ccc(F)c(F)c1C(O)C(C)C. The molecular weight excluding hydrogens is 202 g/mol. The minimum Gasteiger partial charge on any atom is -0.496 e. The van der Waals surface area contributed by atoms with Gasteiger partial charge in [-0.3, -0.25) is 0 Å². The number of methoxy groups -OCH3 is 1. The van der Waals surface area contributed by atoms with E-state index in [2.05, 4.69) is 0 Å². The van der Waals surface area contributed by atoms with E-state index in [-0.39, 0.29) is 17.2 Å². The lowest BCUT2D eigenvalue weighted by atomic mass is 9.97. The molecule has 0 fully saturated rings. The summed E-state index contributed by atoms with van der Waals surface area (Å²) in [5, 5.41) is 9.73. The van der Waals surface area contributed by atoms with Crippen molar-refractivity contribution < 1.29 is 18.6 Å². The second kappa shape index (κ2) is 4.57. The number of halogens is 2. The standard InChI is InChI=1S/C11H14F2O2/c1-6(2)11(14)9-8(15-3)5-4-7(12)10(9)13/h4-6,11,14H,1-3H3. The molecule has 1 unspecified atom stereocenters. The van der Waals surface area contributed by atoms with Gasteiger partial charge in [0.05, 0.1) is 18.8 Å². The second-order valence-corrected chi connectivity index (χ2v) is 3.67. The monoisotopic (exact) mass is 216 g/mol. The zero-order valence-electron chi connectivity index (χ0n) is 8.92. The fourth-order valence-corrected chi connectivity index (χ4v) is 1.34. The molecule has 15 heavy (non-hydrogen) atoms. The van der Waals surface area contributed by atoms with Crippen LogP contribution in [0, 0.1) is 17.6 Å². The molecule has 0 aliphatic heterocycles. The lowest BCUT2D eigenvalue weighted by Gasteiger charge is -2.18. The highest BCUT2D eigenvalue weighted by Crippen LogP contribution is 2.33. The molecule has 0 radical (unpaired) electrons. The Morgan fingerprint density at radius 2 is 1.87 bits per heavy atom. The van der Waals surface area contributed by atoms with E-state index in [0.29, 0.717) is 0 Å². The normalized spacial score (nSPS) is 13.0. The van der Waals surface area contributed by atoms with Crippen LogP contribution in [0.25, 0.3) is 0 Å². The lowest BCUT2D eigenvalue weighted by Crippen LogP contribution is -2.10. The molecule has 1 N–H and O–H groups in total. The van der Waals surface area contributed by atoms with Crippen molar-refractivity contribution in [1.29, 1.82) is 0 Å². The molecule has 84 valence electrons. The first kappa shape index (κ1) is 11.9. The molecular formula is C11H14F2O2. The van der Waals surface area contributed by atoms with Crippen molar-refractivity contribution in [3.05, 3.63) is 29.3 Å². The van der Waals surface area contributed by atoms with Crippen LogP contribution in [0.4, 0.5) is 8.78 Å². The van der Waals surface area contributed by atoms with Gasteiger partial charge in [-0.05, 0) is 18.1 Å². The molecule has 0 aliphatic rings. The van der Waals surface area contributed by atoms with E-state index >= 15 is 0 Å². The van der Waals surface area contributed by atoms with Crippen LogP contribution in [0.2, 0.25) is 0 Å². The first-order valence-electron chi connectivity index (χ1n) is 4.69. The molecule has 4 heteroatoms. The Labute approximate surface area is 87.5 Å². The number of ether oxygens (including phenoxy) is 1. The maximum absolute atomic E-state index is 13.4. The van der Waals surface area contributed by atoms with Crippen LogP contribution in [0.1, 0.15) is 25.5 Å². The summed E-state index contributed by atoms with van der Waals surface area (Å²) in [6.45, 7) is 3.43. The summed E-state index contributed by atoms with van der Waals surface area (Å²) in [6, 6.07) is 2.28. The van der Waals surface area contributed by atoms with Crippen LogP contribution in [0.5, 0.6) is 5.75 Å². The molecule has 0 aliphatic carbocycles. The lowest BCUT2D eigenvalue weighted by molar-refractivity contribution is 0.118. The van der Waals surface area contributed by atoms with E-state index in [4.69, 9.17) is 4.74 Å². The molecule has 1 aromatic rings. The number of benzene rings is 1. The van der Waals surface area contributed by atoms with E-state index in [1.54, 1.807) is 13.8 Å². The molecule has 0 heterocycles. The minimum atomic E-state index is -1.07. The summed E-state index contributed by atoms with van der Waals surface area (Å²) in [6.07, 6.45) is -1.07. The van der Waals surface area contributed by atoms with E-state index in [9.17, 15) is 13.9 Å². The fraction of sp³-hybridized carbons (Fsp3) is 0.455. The fourth-order valence-electron chi connectivity index (χ4n) is 1.34. The summed E-state index contributed by atoms with van der Waals surface area (Å²) in [5.74, 6) is -2.08. The summed E-state index contributed by atoms with van der Waals surface area (Å²) in [7, 11) is 1.35. The second-order valence-electron chi connectivity index (χ2n) is 3.67. The third-order valence-electron chi connectivity index (χ3n) is 2.24. The molecule has 1 aromatic carbocycles. The Hall–Kier alpha value is -1.16. The predicted molar refractivity (Wildman–Crippen MR) is 52.7 cm³/mol. The van der Waals surface area contributed by atoms with Gasteiger partial charge in [0.2, 0.25) is 0 Å². The topological polar surface area (TPSA) is 29.5 Å². The van der Waals surface area contributed by atoms with Crippen molar-refractivity contribution in [2.24, 2.45) is 5.92 Å². The summed E-state index contributed by atoms with van der Waals surface area (Å²) in [5.41, 5.74) is -0.118. The number of hydrogen-bond donors (Lipinski definition) is 1. The molecule has 1 atom stereocenters. The molecule has 0 spiro atoms. The Morgan fingerprint density at radius 3 is 2.33 bits per heavy atom. The largest absolute Gasteiger partial charge is 0.496 e. The summed E-state index contributed by atoms with van der Waals surface area (Å²) < 4.78 is 31.3. The van der Waals surface area contributed by atoms with Crippen LogP contribution >= 0.6 is 0 Å². The van der Waals surface area contributed by atoms with E-state index in [1.165, 1.54) is 13.2 Å². The molecule has 1 rings (SSSR count). The highest BCUT2D eigenvalue weighted by Gasteiger charge is 2.23. The molecule has 0 aromatic heterocycles. The van der Waals surface area contributed by atoms with Gasteiger partial charge < -0.3 is 9.84 Å². The zero-order valence-corrected chi connectivity index (χ0v) is 8.92. The predicted octanol–water partition coefficient (Wildman–Crippen LogP) is 2.66. The average Bonchev–Trinajstić information content (AvgIpc) is 2.20. The highest BCUT2D eigenvalue weighted by atomic mass is 19.2. The van der Waals surface area contributed by atoms with Crippen molar-refractivity contribution in [3.8, 4) is 5.75 Å². The van der Waals surface area contributed by atoms with Gasteiger partial charge >= 0.3 is 0 Å². The van der Waals surface area contributed by atoms with Gasteiger partial charge in [0, 0.05) is 0 Å². The maximum Gasteiger partial charge on any atom is 0.168 e. The van der Waals surface area contributed by atoms with E-state index in [0.717, 1.165) is 6.07 Å². The first-order chi connectivity index (χ1) is 6.99. The van der Waals surface area contributed by atoms with Gasteiger partial charge in [0.1, 0.15) is 5.75 Å². The average molecular weight is 216 g/mol. The minimum absolute atomic E-state index is 0.118. The maximum atomic E-state index is 13.4.